The summed E-state index contributed by atoms with van der Waals surface area (Å²) >= 11 is 0. The molecule has 6 rings (SSSR count). The van der Waals surface area contributed by atoms with E-state index in [1.807, 2.05) is 42.5 Å². The third kappa shape index (κ3) is 8.68. The lowest BCUT2D eigenvalue weighted by atomic mass is 9.78. The molecule has 2 fully saturated rings. The van der Waals surface area contributed by atoms with Crippen molar-refractivity contribution in [2.24, 2.45) is 5.92 Å². The molecule has 4 aromatic rings. The number of aliphatic carboxylic acids is 1. The average molecular weight is 699 g/mol. The number of carbonyl (C=O) groups is 3. The molecule has 0 aliphatic carbocycles. The fraction of sp³-hybridized carbons (Fsp3) is 0.325. The fourth-order valence-electron chi connectivity index (χ4n) is 6.68. The smallest absolute Gasteiger partial charge is 0.326 e. The number of nitrogens with zero attached hydrogens (tertiary/aromatic N) is 1. The molecule has 4 atom stereocenters. The lowest BCUT2D eigenvalue weighted by molar-refractivity contribution is -0.212. The van der Waals surface area contributed by atoms with Gasteiger partial charge in [0.25, 0.3) is 0 Å². The number of benzene rings is 4. The number of aliphatic hydroxyl groups is 1. The molecule has 2 saturated heterocycles. The zero-order chi connectivity index (χ0) is 36.0. The van der Waals surface area contributed by atoms with E-state index in [1.54, 1.807) is 29.2 Å². The van der Waals surface area contributed by atoms with E-state index >= 15 is 0 Å². The Hall–Kier alpha value is -4.97. The standard InChI is InChI=1S/C40H40F2N2O7/c41-30-12-10-28(11-13-30)35(45)19-18-33-37(44(38(33)47)32-16-14-31(42)15-17-32)29-8-6-26(7-9-29)20-21-40(24-50-25-40)51-23-36(46)43-34(39(48)49)22-27-4-2-1-3-5-27/h1-17,33-35,37,45H,18-25H2,(H,43,46)(H,48,49)/t33-,34-,35+,37-/m1/s1. The second-order valence-corrected chi connectivity index (χ2v) is 13.2. The monoisotopic (exact) mass is 698 g/mol. The molecular weight excluding hydrogens is 658 g/mol. The summed E-state index contributed by atoms with van der Waals surface area (Å²) in [6.07, 6.45) is 1.19. The van der Waals surface area contributed by atoms with Crippen LogP contribution in [0.2, 0.25) is 0 Å². The molecule has 2 amide bonds. The maximum absolute atomic E-state index is 13.7. The molecule has 2 aliphatic rings. The summed E-state index contributed by atoms with van der Waals surface area (Å²) in [7, 11) is 0. The number of nitrogens with one attached hydrogen (secondary N) is 1. The van der Waals surface area contributed by atoms with Crippen molar-refractivity contribution in [1.82, 2.24) is 5.32 Å². The molecule has 11 heteroatoms. The van der Waals surface area contributed by atoms with E-state index in [1.165, 1.54) is 36.4 Å². The van der Waals surface area contributed by atoms with Gasteiger partial charge in [-0.1, -0.05) is 66.7 Å². The Morgan fingerprint density at radius 2 is 1.55 bits per heavy atom. The number of carboxylic acids is 1. The minimum absolute atomic E-state index is 0.121. The molecule has 266 valence electrons. The van der Waals surface area contributed by atoms with Gasteiger partial charge in [-0.25, -0.2) is 13.6 Å². The highest BCUT2D eigenvalue weighted by atomic mass is 19.1. The van der Waals surface area contributed by atoms with Gasteiger partial charge in [0.05, 0.1) is 31.3 Å². The molecular formula is C40H40F2N2O7. The van der Waals surface area contributed by atoms with Gasteiger partial charge in [0.2, 0.25) is 11.8 Å². The SMILES string of the molecule is O=C(COC1(CCc2ccc([C@@H]3[C@@H](CC[C@H](O)c4ccc(F)cc4)C(=O)N3c3ccc(F)cc3)cc2)COC1)N[C@H](Cc1ccccc1)C(=O)O. The lowest BCUT2D eigenvalue weighted by Gasteiger charge is -2.48. The van der Waals surface area contributed by atoms with Gasteiger partial charge in [-0.2, -0.15) is 0 Å². The number of aliphatic hydroxyl groups excluding tert-OH is 1. The number of hydrogen-bond acceptors (Lipinski definition) is 6. The first-order valence-electron chi connectivity index (χ1n) is 17.0. The number of ether oxygens (including phenoxy) is 2. The van der Waals surface area contributed by atoms with E-state index in [2.05, 4.69) is 5.32 Å². The molecule has 9 nitrogen and oxygen atoms in total. The number of halogens is 2. The lowest BCUT2D eigenvalue weighted by Crippen LogP contribution is -2.55. The normalized spacial score (nSPS) is 19.0. The van der Waals surface area contributed by atoms with E-state index in [0.29, 0.717) is 50.1 Å². The number of rotatable bonds is 16. The summed E-state index contributed by atoms with van der Waals surface area (Å²) in [6, 6.07) is 27.0. The van der Waals surface area contributed by atoms with Gasteiger partial charge in [0.1, 0.15) is 29.9 Å². The van der Waals surface area contributed by atoms with Crippen molar-refractivity contribution in [3.8, 4) is 0 Å². The molecule has 3 N–H and O–H groups in total. The first-order chi connectivity index (χ1) is 24.6. The maximum Gasteiger partial charge on any atom is 0.326 e. The van der Waals surface area contributed by atoms with Crippen LogP contribution >= 0.6 is 0 Å². The van der Waals surface area contributed by atoms with E-state index in [-0.39, 0.29) is 25.0 Å². The first kappa shape index (κ1) is 35.8. The Kier molecular flexibility index (Phi) is 11.2. The van der Waals surface area contributed by atoms with Crippen LogP contribution in [-0.4, -0.2) is 59.5 Å². The molecule has 4 aromatic carbocycles. The van der Waals surface area contributed by atoms with Gasteiger partial charge in [0.15, 0.2) is 0 Å². The minimum Gasteiger partial charge on any atom is -0.480 e. The van der Waals surface area contributed by atoms with E-state index in [4.69, 9.17) is 9.47 Å². The molecule has 2 heterocycles. The van der Waals surface area contributed by atoms with Crippen LogP contribution < -0.4 is 10.2 Å². The number of amides is 2. The van der Waals surface area contributed by atoms with Gasteiger partial charge < -0.3 is 29.9 Å². The molecule has 0 radical (unpaired) electrons. The van der Waals surface area contributed by atoms with Crippen molar-refractivity contribution < 1.29 is 42.9 Å². The number of anilines is 1. The maximum atomic E-state index is 13.7. The van der Waals surface area contributed by atoms with Crippen LogP contribution in [0.15, 0.2) is 103 Å². The predicted octanol–water partition coefficient (Wildman–Crippen LogP) is 5.71. The van der Waals surface area contributed by atoms with Crippen molar-refractivity contribution in [3.63, 3.8) is 0 Å². The summed E-state index contributed by atoms with van der Waals surface area (Å²) in [5, 5.41) is 22.9. The molecule has 0 saturated carbocycles. The number of β-lactam (4-membered cyclic amide) rings is 1. The molecule has 0 unspecified atom stereocenters. The summed E-state index contributed by atoms with van der Waals surface area (Å²) in [5.41, 5.74) is 3.17. The molecule has 51 heavy (non-hydrogen) atoms. The van der Waals surface area contributed by atoms with E-state index in [9.17, 15) is 33.4 Å². The number of hydrogen-bond donors (Lipinski definition) is 3. The van der Waals surface area contributed by atoms with Crippen molar-refractivity contribution in [2.45, 2.75) is 55.9 Å². The van der Waals surface area contributed by atoms with E-state index in [0.717, 1.165) is 16.7 Å². The van der Waals surface area contributed by atoms with Crippen LogP contribution in [0.4, 0.5) is 14.5 Å². The summed E-state index contributed by atoms with van der Waals surface area (Å²) < 4.78 is 38.6. The third-order valence-corrected chi connectivity index (χ3v) is 9.67. The zero-order valence-electron chi connectivity index (χ0n) is 27.9. The molecule has 2 aliphatic heterocycles. The Morgan fingerprint density at radius 1 is 0.902 bits per heavy atom. The van der Waals surface area contributed by atoms with E-state index < -0.39 is 47.2 Å². The molecule has 0 bridgehead atoms. The quantitative estimate of drug-likeness (QED) is 0.128. The number of aryl methyl sites for hydroxylation is 1. The summed E-state index contributed by atoms with van der Waals surface area (Å²) in [5.74, 6) is -2.98. The highest BCUT2D eigenvalue weighted by Gasteiger charge is 2.48. The minimum atomic E-state index is -1.13. The molecule has 0 aromatic heterocycles. The zero-order valence-corrected chi connectivity index (χ0v) is 27.9. The van der Waals surface area contributed by atoms with Crippen molar-refractivity contribution in [3.05, 3.63) is 137 Å². The first-order valence-corrected chi connectivity index (χ1v) is 17.0. The van der Waals surface area contributed by atoms with Crippen LogP contribution in [-0.2, 0) is 36.7 Å². The summed E-state index contributed by atoms with van der Waals surface area (Å²) in [6.45, 7) is 0.326. The van der Waals surface area contributed by atoms with Crippen LogP contribution in [0.1, 0.15) is 53.7 Å². The van der Waals surface area contributed by atoms with Crippen LogP contribution in [0.25, 0.3) is 0 Å². The van der Waals surface area contributed by atoms with Gasteiger partial charge in [-0.05, 0) is 84.3 Å². The van der Waals surface area contributed by atoms with Crippen molar-refractivity contribution >= 4 is 23.5 Å². The second-order valence-electron chi connectivity index (χ2n) is 13.2. The number of carboxylic acid groups (broad SMARTS) is 1. The van der Waals surface area contributed by atoms with Gasteiger partial charge >= 0.3 is 5.97 Å². The highest BCUT2D eigenvalue weighted by molar-refractivity contribution is 6.03. The Labute approximate surface area is 294 Å². The van der Waals surface area contributed by atoms with Crippen molar-refractivity contribution in [1.29, 1.82) is 0 Å². The molecule has 0 spiro atoms. The largest absolute Gasteiger partial charge is 0.480 e. The average Bonchev–Trinajstić information content (AvgIpc) is 3.11. The highest BCUT2D eigenvalue weighted by Crippen LogP contribution is 2.46. The summed E-state index contributed by atoms with van der Waals surface area (Å²) in [4.78, 5) is 39.6. The predicted molar refractivity (Wildman–Crippen MR) is 185 cm³/mol. The van der Waals surface area contributed by atoms with Gasteiger partial charge in [0, 0.05) is 12.1 Å². The topological polar surface area (TPSA) is 125 Å². The van der Waals surface area contributed by atoms with Crippen LogP contribution in [0.3, 0.4) is 0 Å². The Bertz CT molecular complexity index is 1800. The Morgan fingerprint density at radius 3 is 2.16 bits per heavy atom. The van der Waals surface area contributed by atoms with Gasteiger partial charge in [-0.3, -0.25) is 9.59 Å². The van der Waals surface area contributed by atoms with Crippen LogP contribution in [0.5, 0.6) is 0 Å². The van der Waals surface area contributed by atoms with Gasteiger partial charge in [-0.15, -0.1) is 0 Å². The number of carbonyl (C=O) groups excluding carboxylic acids is 2. The van der Waals surface area contributed by atoms with Crippen molar-refractivity contribution in [2.75, 3.05) is 24.7 Å². The fourth-order valence-corrected chi connectivity index (χ4v) is 6.68. The van der Waals surface area contributed by atoms with Crippen LogP contribution in [0, 0.1) is 17.6 Å². The Balaban J connectivity index is 1.07. The third-order valence-electron chi connectivity index (χ3n) is 9.67. The second kappa shape index (κ2) is 15.9.